The van der Waals surface area contributed by atoms with Crippen molar-refractivity contribution < 1.29 is 0 Å². The van der Waals surface area contributed by atoms with Crippen LogP contribution in [-0.4, -0.2) is 0 Å². The van der Waals surface area contributed by atoms with Crippen molar-refractivity contribution in [1.29, 1.82) is 0 Å². The zero-order chi connectivity index (χ0) is 32.7. The molecule has 0 amide bonds. The minimum absolute atomic E-state index is 0.0214. The largest absolute Gasteiger partial charge is 0.0619 e. The molecule has 1 aliphatic rings. The lowest BCUT2D eigenvalue weighted by Gasteiger charge is -2.21. The molecule has 0 heteroatoms. The summed E-state index contributed by atoms with van der Waals surface area (Å²) in [7, 11) is 0. The second kappa shape index (κ2) is 10.5. The molecule has 1 aliphatic carbocycles. The Balaban J connectivity index is 1.03. The smallest absolute Gasteiger partial charge is 0.0158 e. The van der Waals surface area contributed by atoms with Gasteiger partial charge in [0.2, 0.25) is 0 Å². The van der Waals surface area contributed by atoms with Gasteiger partial charge in [0.15, 0.2) is 0 Å². The average molecular weight is 623 g/mol. The number of rotatable bonds is 3. The van der Waals surface area contributed by atoms with Crippen LogP contribution >= 0.6 is 0 Å². The van der Waals surface area contributed by atoms with Gasteiger partial charge in [-0.3, -0.25) is 0 Å². The molecule has 0 aromatic heterocycles. The molecule has 49 heavy (non-hydrogen) atoms. The molecule has 0 saturated heterocycles. The van der Waals surface area contributed by atoms with Crippen LogP contribution in [0.15, 0.2) is 170 Å². The van der Waals surface area contributed by atoms with E-state index in [4.69, 9.17) is 0 Å². The topological polar surface area (TPSA) is 0 Å². The number of hydrogen-bond acceptors (Lipinski definition) is 0. The fourth-order valence-corrected chi connectivity index (χ4v) is 8.49. The van der Waals surface area contributed by atoms with Crippen LogP contribution in [0.25, 0.3) is 87.6 Å². The van der Waals surface area contributed by atoms with Gasteiger partial charge in [-0.2, -0.15) is 0 Å². The summed E-state index contributed by atoms with van der Waals surface area (Å²) in [6.45, 7) is 4.68. The van der Waals surface area contributed by atoms with Crippen molar-refractivity contribution >= 4 is 43.1 Å². The van der Waals surface area contributed by atoms with Crippen molar-refractivity contribution in [3.05, 3.63) is 181 Å². The van der Waals surface area contributed by atoms with Gasteiger partial charge in [-0.25, -0.2) is 0 Å². The van der Waals surface area contributed by atoms with Crippen LogP contribution in [0.5, 0.6) is 0 Å². The molecule has 230 valence electrons. The third-order valence-electron chi connectivity index (χ3n) is 11.0. The molecule has 0 N–H and O–H groups in total. The first-order valence-corrected chi connectivity index (χ1v) is 17.3. The quantitative estimate of drug-likeness (QED) is 0.172. The Morgan fingerprint density at radius 2 is 0.878 bits per heavy atom. The number of benzene rings is 9. The Labute approximate surface area is 286 Å². The van der Waals surface area contributed by atoms with Gasteiger partial charge >= 0.3 is 0 Å². The van der Waals surface area contributed by atoms with Crippen molar-refractivity contribution in [2.75, 3.05) is 0 Å². The van der Waals surface area contributed by atoms with Crippen LogP contribution in [0.1, 0.15) is 25.0 Å². The third kappa shape index (κ3) is 4.31. The summed E-state index contributed by atoms with van der Waals surface area (Å²) in [5.74, 6) is 0. The summed E-state index contributed by atoms with van der Waals surface area (Å²) < 4.78 is 0. The molecule has 0 saturated carbocycles. The zero-order valence-corrected chi connectivity index (χ0v) is 27.7. The highest BCUT2D eigenvalue weighted by Gasteiger charge is 2.35. The predicted octanol–water partition coefficient (Wildman–Crippen LogP) is 13.6. The molecular formula is C49H34. The van der Waals surface area contributed by atoms with Crippen LogP contribution in [-0.2, 0) is 5.41 Å². The molecule has 0 radical (unpaired) electrons. The van der Waals surface area contributed by atoms with Gasteiger partial charge in [-0.15, -0.1) is 0 Å². The molecule has 9 aromatic rings. The van der Waals surface area contributed by atoms with E-state index in [1.165, 1.54) is 98.7 Å². The van der Waals surface area contributed by atoms with Gasteiger partial charge in [0.25, 0.3) is 0 Å². The van der Waals surface area contributed by atoms with Gasteiger partial charge in [-0.05, 0) is 129 Å². The van der Waals surface area contributed by atoms with E-state index >= 15 is 0 Å². The maximum Gasteiger partial charge on any atom is 0.0158 e. The predicted molar refractivity (Wildman–Crippen MR) is 210 cm³/mol. The van der Waals surface area contributed by atoms with Gasteiger partial charge in [-0.1, -0.05) is 153 Å². The Morgan fingerprint density at radius 1 is 0.306 bits per heavy atom. The monoisotopic (exact) mass is 622 g/mol. The molecule has 0 aliphatic heterocycles. The van der Waals surface area contributed by atoms with Crippen LogP contribution in [0, 0.1) is 0 Å². The Kier molecular flexibility index (Phi) is 6.02. The molecule has 0 spiro atoms. The second-order valence-electron chi connectivity index (χ2n) is 14.1. The van der Waals surface area contributed by atoms with Crippen molar-refractivity contribution in [2.45, 2.75) is 19.3 Å². The number of fused-ring (bicyclic) bond motifs is 9. The lowest BCUT2D eigenvalue weighted by molar-refractivity contribution is 0.660. The van der Waals surface area contributed by atoms with Crippen LogP contribution in [0.2, 0.25) is 0 Å². The third-order valence-corrected chi connectivity index (χ3v) is 11.0. The summed E-state index contributed by atoms with van der Waals surface area (Å²) in [6, 6.07) is 63.2. The first kappa shape index (κ1) is 28.1. The minimum atomic E-state index is 0.0214. The van der Waals surface area contributed by atoms with E-state index in [9.17, 15) is 0 Å². The summed E-state index contributed by atoms with van der Waals surface area (Å²) in [4.78, 5) is 0. The molecule has 0 heterocycles. The van der Waals surface area contributed by atoms with E-state index in [1.54, 1.807) is 0 Å². The van der Waals surface area contributed by atoms with Gasteiger partial charge in [0, 0.05) is 5.41 Å². The fourth-order valence-electron chi connectivity index (χ4n) is 8.49. The molecule has 0 unspecified atom stereocenters. The summed E-state index contributed by atoms with van der Waals surface area (Å²) >= 11 is 0. The standard InChI is InChI=1S/C49H34/c1-49(2)46-17-8-7-15-42(46)45-29-37(24-25-47(45)49)33-12-9-11-32(26-33)34-19-20-36-28-38(22-21-35(36)27-34)44-30-39-23-18-31-10-3-4-13-40(31)48(39)43-16-6-5-14-41(43)44/h3-30H,1-2H3. The highest BCUT2D eigenvalue weighted by atomic mass is 14.4. The molecule has 0 fully saturated rings. The zero-order valence-electron chi connectivity index (χ0n) is 27.7. The Bertz CT molecular complexity index is 2800. The molecule has 0 bridgehead atoms. The van der Waals surface area contributed by atoms with Crippen molar-refractivity contribution in [3.8, 4) is 44.5 Å². The van der Waals surface area contributed by atoms with Gasteiger partial charge in [0.05, 0.1) is 0 Å². The highest BCUT2D eigenvalue weighted by Crippen LogP contribution is 2.49. The first-order valence-electron chi connectivity index (χ1n) is 17.3. The molecular weight excluding hydrogens is 589 g/mol. The van der Waals surface area contributed by atoms with E-state index in [-0.39, 0.29) is 5.41 Å². The van der Waals surface area contributed by atoms with Crippen molar-refractivity contribution in [3.63, 3.8) is 0 Å². The van der Waals surface area contributed by atoms with E-state index in [2.05, 4.69) is 184 Å². The lowest BCUT2D eigenvalue weighted by Crippen LogP contribution is -2.14. The lowest BCUT2D eigenvalue weighted by atomic mass is 9.82. The maximum atomic E-state index is 2.39. The molecule has 0 atom stereocenters. The summed E-state index contributed by atoms with van der Waals surface area (Å²) in [5, 5.41) is 10.3. The Morgan fingerprint density at radius 3 is 1.71 bits per heavy atom. The normalized spacial score (nSPS) is 13.3. The Hall–Kier alpha value is -5.98. The first-order chi connectivity index (χ1) is 24.0. The van der Waals surface area contributed by atoms with Crippen LogP contribution < -0.4 is 0 Å². The molecule has 0 nitrogen and oxygen atoms in total. The summed E-state index contributed by atoms with van der Waals surface area (Å²) in [5.41, 5.74) is 13.1. The highest BCUT2D eigenvalue weighted by molar-refractivity contribution is 6.23. The van der Waals surface area contributed by atoms with Crippen LogP contribution in [0.3, 0.4) is 0 Å². The SMILES string of the molecule is CC1(C)c2ccccc2-c2cc(-c3cccc(-c4ccc5cc(-c6cc7ccc8ccccc8c7c7ccccc67)ccc5c4)c3)ccc21. The van der Waals surface area contributed by atoms with Gasteiger partial charge in [0.1, 0.15) is 0 Å². The van der Waals surface area contributed by atoms with Crippen molar-refractivity contribution in [1.82, 2.24) is 0 Å². The summed E-state index contributed by atoms with van der Waals surface area (Å²) in [6.07, 6.45) is 0. The number of hydrogen-bond donors (Lipinski definition) is 0. The molecule has 9 aromatic carbocycles. The van der Waals surface area contributed by atoms with Crippen molar-refractivity contribution in [2.24, 2.45) is 0 Å². The van der Waals surface area contributed by atoms with Gasteiger partial charge < -0.3 is 0 Å². The van der Waals surface area contributed by atoms with E-state index in [0.717, 1.165) is 0 Å². The fraction of sp³-hybridized carbons (Fsp3) is 0.0612. The van der Waals surface area contributed by atoms with E-state index < -0.39 is 0 Å². The average Bonchev–Trinajstić information content (AvgIpc) is 3.39. The minimum Gasteiger partial charge on any atom is -0.0619 e. The van der Waals surface area contributed by atoms with E-state index in [0.29, 0.717) is 0 Å². The van der Waals surface area contributed by atoms with E-state index in [1.807, 2.05) is 0 Å². The molecule has 10 rings (SSSR count). The maximum absolute atomic E-state index is 2.39. The van der Waals surface area contributed by atoms with Crippen LogP contribution in [0.4, 0.5) is 0 Å². The second-order valence-corrected chi connectivity index (χ2v) is 14.1.